The lowest BCUT2D eigenvalue weighted by Crippen LogP contribution is -2.59. The van der Waals surface area contributed by atoms with E-state index in [4.69, 9.17) is 35.5 Å². The minimum atomic E-state index is -1.51. The van der Waals surface area contributed by atoms with Crippen molar-refractivity contribution < 1.29 is 43.2 Å². The van der Waals surface area contributed by atoms with Crippen LogP contribution in [0.2, 0.25) is 5.02 Å². The van der Waals surface area contributed by atoms with Crippen LogP contribution < -0.4 is 20.1 Å². The molecule has 8 atom stereocenters. The fourth-order valence-corrected chi connectivity index (χ4v) is 8.50. The first-order valence-electron chi connectivity index (χ1n) is 18.2. The van der Waals surface area contributed by atoms with Gasteiger partial charge >= 0.3 is 12.1 Å². The molecule has 6 rings (SSSR count). The number of carboxylic acid groups (broad SMARTS) is 1. The average molecular weight is 773 g/mol. The van der Waals surface area contributed by atoms with Crippen molar-refractivity contribution in [3.05, 3.63) is 35.9 Å². The summed E-state index contributed by atoms with van der Waals surface area (Å²) in [6.45, 7) is 11.9. The molecule has 0 radical (unpaired) electrons. The van der Waals surface area contributed by atoms with E-state index in [0.29, 0.717) is 57.5 Å². The van der Waals surface area contributed by atoms with Gasteiger partial charge in [-0.2, -0.15) is 0 Å². The molecule has 288 valence electrons. The van der Waals surface area contributed by atoms with Crippen LogP contribution in [0.25, 0.3) is 10.9 Å². The first-order valence-corrected chi connectivity index (χ1v) is 19.5. The fraction of sp³-hybridized carbons (Fsp3) is 0.605. The Morgan fingerprint density at radius 2 is 1.87 bits per heavy atom. The molecule has 13 nitrogen and oxygen atoms in total. The summed E-state index contributed by atoms with van der Waals surface area (Å²) in [6, 6.07) is 3.18. The lowest BCUT2D eigenvalue weighted by molar-refractivity contribution is -0.146. The van der Waals surface area contributed by atoms with Crippen molar-refractivity contribution in [2.75, 3.05) is 32.6 Å². The van der Waals surface area contributed by atoms with Crippen LogP contribution in [0.1, 0.15) is 59.8 Å². The molecule has 1 aliphatic heterocycles. The topological polar surface area (TPSA) is 166 Å². The van der Waals surface area contributed by atoms with Crippen LogP contribution >= 0.6 is 23.4 Å². The van der Waals surface area contributed by atoms with Crippen molar-refractivity contribution in [2.24, 2.45) is 23.2 Å². The van der Waals surface area contributed by atoms with E-state index in [1.807, 2.05) is 27.7 Å². The molecular weight excluding hydrogens is 724 g/mol. The van der Waals surface area contributed by atoms with Gasteiger partial charge in [-0.25, -0.2) is 14.6 Å². The molecule has 15 heteroatoms. The SMILES string of the molecule is C=C[C@@H]1C[C@]1(NC(=O)[C@@H]1C[C@@H](Oc2cc(SCC)nc3c(Cl)c(OCCOC)ccc23)CN1C(=O)[C@@H](NC(=O)OC1C[C@@H]2C[C@@H]2C1)C(C)(C)C)C(=O)O. The zero-order chi connectivity index (χ0) is 38.2. The highest BCUT2D eigenvalue weighted by molar-refractivity contribution is 7.99. The zero-order valence-electron chi connectivity index (χ0n) is 30.8. The lowest BCUT2D eigenvalue weighted by atomic mass is 9.85. The Bertz CT molecular complexity index is 1760. The van der Waals surface area contributed by atoms with E-state index in [9.17, 15) is 24.3 Å². The molecule has 3 amide bonds. The number of ether oxygens (including phenoxy) is 4. The number of likely N-dealkylation sites (tertiary alicyclic amines) is 1. The number of benzene rings is 1. The van der Waals surface area contributed by atoms with Crippen molar-refractivity contribution in [1.29, 1.82) is 0 Å². The van der Waals surface area contributed by atoms with Gasteiger partial charge in [-0.05, 0) is 60.8 Å². The molecule has 4 aliphatic rings. The number of alkyl carbamates (subject to hydrolysis) is 1. The van der Waals surface area contributed by atoms with E-state index >= 15 is 0 Å². The fourth-order valence-electron chi connectivity index (χ4n) is 7.60. The van der Waals surface area contributed by atoms with E-state index in [-0.39, 0.29) is 25.5 Å². The summed E-state index contributed by atoms with van der Waals surface area (Å²) in [5.74, 6) is 0.0904. The first-order chi connectivity index (χ1) is 25.2. The quantitative estimate of drug-likeness (QED) is 0.120. The van der Waals surface area contributed by atoms with Crippen LogP contribution in [0, 0.1) is 23.2 Å². The van der Waals surface area contributed by atoms with E-state index < -0.39 is 58.9 Å². The van der Waals surface area contributed by atoms with Gasteiger partial charge in [-0.1, -0.05) is 45.4 Å². The Kier molecular flexibility index (Phi) is 11.4. The summed E-state index contributed by atoms with van der Waals surface area (Å²) in [4.78, 5) is 60.3. The maximum atomic E-state index is 14.5. The molecular formula is C38H49ClN4O9S. The van der Waals surface area contributed by atoms with E-state index in [0.717, 1.165) is 18.6 Å². The highest BCUT2D eigenvalue weighted by Gasteiger charge is 2.61. The number of rotatable bonds is 15. The third-order valence-corrected chi connectivity index (χ3v) is 11.8. The van der Waals surface area contributed by atoms with Crippen LogP contribution in [0.15, 0.2) is 35.9 Å². The smallest absolute Gasteiger partial charge is 0.408 e. The monoisotopic (exact) mass is 772 g/mol. The Morgan fingerprint density at radius 3 is 2.49 bits per heavy atom. The van der Waals surface area contributed by atoms with Crippen molar-refractivity contribution in [3.63, 3.8) is 0 Å². The third kappa shape index (κ3) is 8.34. The molecule has 0 bridgehead atoms. The number of thioether (sulfide) groups is 1. The molecule has 3 saturated carbocycles. The van der Waals surface area contributed by atoms with Crippen molar-refractivity contribution in [1.82, 2.24) is 20.5 Å². The summed E-state index contributed by atoms with van der Waals surface area (Å²) < 4.78 is 23.3. The van der Waals surface area contributed by atoms with Crippen molar-refractivity contribution in [3.8, 4) is 11.5 Å². The van der Waals surface area contributed by atoms with Crippen LogP contribution in [0.5, 0.6) is 11.5 Å². The molecule has 1 saturated heterocycles. The lowest BCUT2D eigenvalue weighted by Gasteiger charge is -2.35. The predicted octanol–water partition coefficient (Wildman–Crippen LogP) is 5.46. The highest BCUT2D eigenvalue weighted by Crippen LogP contribution is 2.52. The van der Waals surface area contributed by atoms with Crippen LogP contribution in [0.3, 0.4) is 0 Å². The van der Waals surface area contributed by atoms with Gasteiger partial charge in [0.1, 0.15) is 58.0 Å². The van der Waals surface area contributed by atoms with Gasteiger partial charge in [-0.3, -0.25) is 9.59 Å². The number of halogens is 1. The number of fused-ring (bicyclic) bond motifs is 2. The number of aliphatic carboxylic acids is 1. The van der Waals surface area contributed by atoms with Crippen molar-refractivity contribution >= 4 is 58.1 Å². The van der Waals surface area contributed by atoms with Crippen LogP contribution in [0.4, 0.5) is 4.79 Å². The second-order valence-electron chi connectivity index (χ2n) is 15.5. The van der Waals surface area contributed by atoms with Gasteiger partial charge in [0.05, 0.1) is 18.7 Å². The number of nitrogens with zero attached hydrogens (tertiary/aromatic N) is 2. The number of amides is 3. The molecule has 1 aromatic heterocycles. The number of carbonyl (C=O) groups excluding carboxylic acids is 3. The van der Waals surface area contributed by atoms with Gasteiger partial charge in [0.15, 0.2) is 0 Å². The predicted molar refractivity (Wildman–Crippen MR) is 199 cm³/mol. The molecule has 53 heavy (non-hydrogen) atoms. The van der Waals surface area contributed by atoms with E-state index in [1.165, 1.54) is 29.2 Å². The van der Waals surface area contributed by atoms with E-state index in [2.05, 4.69) is 17.2 Å². The average Bonchev–Trinajstić information content (AvgIpc) is 3.91. The van der Waals surface area contributed by atoms with Crippen LogP contribution in [-0.2, 0) is 23.9 Å². The molecule has 4 fully saturated rings. The summed E-state index contributed by atoms with van der Waals surface area (Å²) in [7, 11) is 1.58. The minimum Gasteiger partial charge on any atom is -0.490 e. The van der Waals surface area contributed by atoms with Gasteiger partial charge < -0.3 is 39.6 Å². The Hall–Kier alpha value is -3.75. The molecule has 2 heterocycles. The normalized spacial score (nSPS) is 27.8. The van der Waals surface area contributed by atoms with Gasteiger partial charge in [0, 0.05) is 30.9 Å². The minimum absolute atomic E-state index is 0.0107. The molecule has 3 N–H and O–H groups in total. The Balaban J connectivity index is 1.28. The highest BCUT2D eigenvalue weighted by atomic mass is 35.5. The summed E-state index contributed by atoms with van der Waals surface area (Å²) >= 11 is 8.31. The maximum absolute atomic E-state index is 14.5. The summed E-state index contributed by atoms with van der Waals surface area (Å²) in [5, 5.41) is 17.2. The molecule has 1 aromatic carbocycles. The van der Waals surface area contributed by atoms with Gasteiger partial charge in [0.25, 0.3) is 0 Å². The largest absolute Gasteiger partial charge is 0.490 e. The summed E-state index contributed by atoms with van der Waals surface area (Å²) in [5.41, 5.74) is -1.81. The first kappa shape index (κ1) is 39.0. The molecule has 0 spiro atoms. The second kappa shape index (κ2) is 15.5. The Labute approximate surface area is 318 Å². The number of hydrogen-bond donors (Lipinski definition) is 3. The second-order valence-corrected chi connectivity index (χ2v) is 17.2. The van der Waals surface area contributed by atoms with Crippen molar-refractivity contribution in [2.45, 2.75) is 94.7 Å². The number of nitrogens with one attached hydrogen (secondary N) is 2. The molecule has 3 aliphatic carbocycles. The Morgan fingerprint density at radius 1 is 1.13 bits per heavy atom. The van der Waals surface area contributed by atoms with E-state index in [1.54, 1.807) is 25.3 Å². The number of carboxylic acids is 1. The number of aromatic nitrogens is 1. The molecule has 1 unspecified atom stereocenters. The molecule has 2 aromatic rings. The maximum Gasteiger partial charge on any atom is 0.408 e. The number of pyridine rings is 1. The number of carbonyl (C=O) groups is 4. The third-order valence-electron chi connectivity index (χ3n) is 10.7. The van der Waals surface area contributed by atoms with Gasteiger partial charge in [-0.15, -0.1) is 18.3 Å². The zero-order valence-corrected chi connectivity index (χ0v) is 32.4. The summed E-state index contributed by atoms with van der Waals surface area (Å²) in [6.07, 6.45) is 3.03. The number of hydrogen-bond acceptors (Lipinski definition) is 10. The van der Waals surface area contributed by atoms with Crippen LogP contribution in [-0.4, -0.2) is 101 Å². The number of methoxy groups -OCH3 is 1. The van der Waals surface area contributed by atoms with Gasteiger partial charge in [0.2, 0.25) is 11.8 Å². The standard InChI is InChI=1S/C38H49ClN4O9S/c1-7-22-18-38(22,35(46)47)42-33(44)26-16-24(19-43(26)34(45)32(37(3,4)5)41-36(48)52-23-14-20-13-21(20)15-23)51-28-17-29(53-8-2)40-31-25(28)9-10-27(30(31)39)50-12-11-49-6/h7,9-10,17,20-24,26,32H,1,8,11-16,18-19H2,2-6H3,(H,41,48)(H,42,44)(H,46,47)/t20-,21+,22-,23?,24-,26+,32-,38-/m1/s1.